The van der Waals surface area contributed by atoms with Crippen molar-refractivity contribution in [2.45, 2.75) is 58.3 Å². The maximum atomic E-state index is 14.3. The van der Waals surface area contributed by atoms with Crippen molar-refractivity contribution in [3.8, 4) is 0 Å². The van der Waals surface area contributed by atoms with Gasteiger partial charge in [0.15, 0.2) is 0 Å². The Hall–Kier alpha value is -3.08. The fourth-order valence-electron chi connectivity index (χ4n) is 6.14. The van der Waals surface area contributed by atoms with E-state index in [0.29, 0.717) is 24.1 Å². The van der Waals surface area contributed by atoms with Crippen molar-refractivity contribution in [1.29, 1.82) is 0 Å². The SMILES string of the molecule is CC(C)c1cnc(N2C[C@H](CS(C)(=O)=O)[C@H]2C)c2cnc(Nc3ccnc(N4CC[C@]5(C)[C@@H]4[C@@H]5F)n3)cc12. The second-order valence-corrected chi connectivity index (χ2v) is 13.9. The molecule has 1 saturated carbocycles. The predicted octanol–water partition coefficient (Wildman–Crippen LogP) is 4.09. The molecule has 0 radical (unpaired) electrons. The first kappa shape index (κ1) is 25.2. The summed E-state index contributed by atoms with van der Waals surface area (Å²) in [6.07, 6.45) is 6.71. The van der Waals surface area contributed by atoms with Crippen LogP contribution in [-0.4, -0.2) is 71.7 Å². The Balaban J connectivity index is 1.28. The molecule has 3 aromatic heterocycles. The van der Waals surface area contributed by atoms with Crippen LogP contribution in [0.5, 0.6) is 0 Å². The number of nitrogens with one attached hydrogen (secondary N) is 1. The average molecular weight is 540 g/mol. The van der Waals surface area contributed by atoms with Crippen molar-refractivity contribution in [2.75, 3.05) is 40.2 Å². The third-order valence-electron chi connectivity index (χ3n) is 8.65. The lowest BCUT2D eigenvalue weighted by molar-refractivity contribution is 0.339. The normalized spacial score (nSPS) is 28.5. The van der Waals surface area contributed by atoms with Crippen molar-refractivity contribution in [3.05, 3.63) is 36.3 Å². The first-order valence-corrected chi connectivity index (χ1v) is 15.3. The number of nitrogens with zero attached hydrogens (tertiary/aromatic N) is 6. The molecule has 5 heterocycles. The van der Waals surface area contributed by atoms with Gasteiger partial charge in [-0.05, 0) is 42.3 Å². The molecule has 3 aliphatic rings. The second-order valence-electron chi connectivity index (χ2n) is 11.7. The fourth-order valence-corrected chi connectivity index (χ4v) is 7.31. The van der Waals surface area contributed by atoms with Crippen molar-refractivity contribution >= 4 is 44.0 Å². The zero-order chi connectivity index (χ0) is 27.0. The molecule has 2 aliphatic heterocycles. The lowest BCUT2D eigenvalue weighted by atomic mass is 9.90. The molecule has 0 spiro atoms. The number of hydrogen-bond donors (Lipinski definition) is 1. The van der Waals surface area contributed by atoms with Gasteiger partial charge in [-0.3, -0.25) is 0 Å². The third-order valence-corrected chi connectivity index (χ3v) is 9.69. The van der Waals surface area contributed by atoms with Crippen LogP contribution in [0.4, 0.5) is 27.8 Å². The summed E-state index contributed by atoms with van der Waals surface area (Å²) in [5, 5.41) is 5.29. The van der Waals surface area contributed by atoms with Crippen LogP contribution in [-0.2, 0) is 9.84 Å². The van der Waals surface area contributed by atoms with E-state index in [1.54, 1.807) is 12.3 Å². The predicted molar refractivity (Wildman–Crippen MR) is 148 cm³/mol. The number of sulfone groups is 1. The number of anilines is 4. The van der Waals surface area contributed by atoms with Crippen LogP contribution in [0.15, 0.2) is 30.7 Å². The van der Waals surface area contributed by atoms with Gasteiger partial charge in [0.1, 0.15) is 33.5 Å². The van der Waals surface area contributed by atoms with E-state index in [9.17, 15) is 12.8 Å². The van der Waals surface area contributed by atoms with Gasteiger partial charge >= 0.3 is 0 Å². The molecule has 38 heavy (non-hydrogen) atoms. The molecule has 11 heteroatoms. The van der Waals surface area contributed by atoms with Gasteiger partial charge in [0, 0.05) is 60.7 Å². The van der Waals surface area contributed by atoms with Gasteiger partial charge in [-0.15, -0.1) is 0 Å². The fraction of sp³-hybridized carbons (Fsp3) is 0.556. The van der Waals surface area contributed by atoms with E-state index >= 15 is 0 Å². The number of aromatic nitrogens is 4. The summed E-state index contributed by atoms with van der Waals surface area (Å²) < 4.78 is 37.9. The number of fused-ring (bicyclic) bond motifs is 2. The minimum absolute atomic E-state index is 0.0744. The Labute approximate surface area is 222 Å². The lowest BCUT2D eigenvalue weighted by Crippen LogP contribution is -2.57. The molecule has 6 rings (SSSR count). The lowest BCUT2D eigenvalue weighted by Gasteiger charge is -2.47. The van der Waals surface area contributed by atoms with Crippen LogP contribution < -0.4 is 15.1 Å². The zero-order valence-electron chi connectivity index (χ0n) is 22.4. The summed E-state index contributed by atoms with van der Waals surface area (Å²) in [7, 11) is -3.03. The summed E-state index contributed by atoms with van der Waals surface area (Å²) >= 11 is 0. The molecule has 0 amide bonds. The molecule has 0 bridgehead atoms. The van der Waals surface area contributed by atoms with Gasteiger partial charge in [-0.25, -0.2) is 27.8 Å². The maximum Gasteiger partial charge on any atom is 0.227 e. The Bertz CT molecular complexity index is 1520. The number of halogens is 1. The first-order valence-electron chi connectivity index (χ1n) is 13.2. The first-order chi connectivity index (χ1) is 18.0. The van der Waals surface area contributed by atoms with Crippen molar-refractivity contribution in [2.24, 2.45) is 11.3 Å². The standard InChI is InChI=1S/C27H34FN7O2S/c1-15(2)19-11-31-25(35-13-17(16(35)3)14-38(5,36)37)20-12-30-22(10-18(19)20)32-21-6-8-29-26(33-21)34-9-7-27(4)23(28)24(27)34/h6,8,10-12,15-17,23-24H,7,9,13-14H2,1-5H3,(H,29,30,32,33)/t16-,17-,23+,24+,27+/m1/s1. The van der Waals surface area contributed by atoms with Crippen LogP contribution in [0.25, 0.3) is 10.8 Å². The van der Waals surface area contributed by atoms with Gasteiger partial charge < -0.3 is 15.1 Å². The largest absolute Gasteiger partial charge is 0.353 e. The van der Waals surface area contributed by atoms with Gasteiger partial charge in [0.05, 0.1) is 11.8 Å². The summed E-state index contributed by atoms with van der Waals surface area (Å²) in [6, 6.07) is 3.74. The minimum Gasteiger partial charge on any atom is -0.353 e. The van der Waals surface area contributed by atoms with E-state index in [2.05, 4.69) is 45.9 Å². The molecular weight excluding hydrogens is 505 g/mol. The van der Waals surface area contributed by atoms with Crippen molar-refractivity contribution in [1.82, 2.24) is 19.9 Å². The molecule has 1 aliphatic carbocycles. The highest BCUT2D eigenvalue weighted by Crippen LogP contribution is 2.59. The van der Waals surface area contributed by atoms with E-state index in [1.807, 2.05) is 30.3 Å². The van der Waals surface area contributed by atoms with Crippen LogP contribution in [0.2, 0.25) is 0 Å². The van der Waals surface area contributed by atoms with Crippen LogP contribution in [0.1, 0.15) is 45.6 Å². The molecule has 9 nitrogen and oxygen atoms in total. The molecule has 202 valence electrons. The van der Waals surface area contributed by atoms with E-state index in [-0.39, 0.29) is 35.1 Å². The molecule has 3 fully saturated rings. The van der Waals surface area contributed by atoms with Crippen LogP contribution in [0, 0.1) is 11.3 Å². The Kier molecular flexibility index (Phi) is 5.79. The van der Waals surface area contributed by atoms with E-state index in [1.165, 1.54) is 6.26 Å². The second kappa shape index (κ2) is 8.72. The molecule has 3 aromatic rings. The average Bonchev–Trinajstić information content (AvgIpc) is 3.20. The Morgan fingerprint density at radius 3 is 2.61 bits per heavy atom. The highest BCUT2D eigenvalue weighted by atomic mass is 32.2. The van der Waals surface area contributed by atoms with Gasteiger partial charge in [-0.1, -0.05) is 20.8 Å². The molecule has 5 atom stereocenters. The summed E-state index contributed by atoms with van der Waals surface area (Å²) in [6.45, 7) is 9.72. The van der Waals surface area contributed by atoms with Gasteiger partial charge in [0.25, 0.3) is 0 Å². The summed E-state index contributed by atoms with van der Waals surface area (Å²) in [4.78, 5) is 22.7. The minimum atomic E-state index is -3.03. The van der Waals surface area contributed by atoms with Gasteiger partial charge in [-0.2, -0.15) is 4.98 Å². The number of alkyl halides is 1. The molecule has 0 aromatic carbocycles. The third kappa shape index (κ3) is 4.15. The molecule has 0 unspecified atom stereocenters. The van der Waals surface area contributed by atoms with E-state index < -0.39 is 16.0 Å². The highest BCUT2D eigenvalue weighted by Gasteiger charge is 2.69. The molecular formula is C27H34FN7O2S. The topological polar surface area (TPSA) is 104 Å². The van der Waals surface area contributed by atoms with Crippen molar-refractivity contribution < 1.29 is 12.8 Å². The maximum absolute atomic E-state index is 14.3. The Morgan fingerprint density at radius 1 is 1.16 bits per heavy atom. The van der Waals surface area contributed by atoms with Gasteiger partial charge in [0.2, 0.25) is 5.95 Å². The number of rotatable bonds is 7. The quantitative estimate of drug-likeness (QED) is 0.475. The monoisotopic (exact) mass is 539 g/mol. The zero-order valence-corrected chi connectivity index (χ0v) is 23.2. The molecule has 1 N–H and O–H groups in total. The van der Waals surface area contributed by atoms with E-state index in [4.69, 9.17) is 4.98 Å². The highest BCUT2D eigenvalue weighted by molar-refractivity contribution is 7.90. The summed E-state index contributed by atoms with van der Waals surface area (Å²) in [5.74, 6) is 3.14. The number of hydrogen-bond acceptors (Lipinski definition) is 9. The molecule has 2 saturated heterocycles. The van der Waals surface area contributed by atoms with Crippen LogP contribution >= 0.6 is 0 Å². The van der Waals surface area contributed by atoms with E-state index in [0.717, 1.165) is 35.1 Å². The summed E-state index contributed by atoms with van der Waals surface area (Å²) in [5.41, 5.74) is 0.835. The smallest absolute Gasteiger partial charge is 0.227 e. The van der Waals surface area contributed by atoms with Crippen molar-refractivity contribution in [3.63, 3.8) is 0 Å². The van der Waals surface area contributed by atoms with Crippen LogP contribution in [0.3, 0.4) is 0 Å². The Morgan fingerprint density at radius 2 is 1.95 bits per heavy atom. The number of pyridine rings is 2. The number of piperidine rings is 1.